The minimum atomic E-state index is 0.136. The number of aryl methyl sites for hydroxylation is 2. The van der Waals surface area contributed by atoms with Crippen LogP contribution in [-0.4, -0.2) is 11.5 Å². The van der Waals surface area contributed by atoms with Crippen LogP contribution in [0.15, 0.2) is 18.2 Å². The predicted octanol–water partition coefficient (Wildman–Crippen LogP) is 4.74. The summed E-state index contributed by atoms with van der Waals surface area (Å²) in [5.74, 6) is 1.04. The van der Waals surface area contributed by atoms with E-state index in [0.29, 0.717) is 0 Å². The molecular formula is C17H23ClO. The van der Waals surface area contributed by atoms with Gasteiger partial charge in [-0.15, -0.1) is 11.6 Å². The van der Waals surface area contributed by atoms with Crippen LogP contribution in [-0.2, 0) is 12.8 Å². The third-order valence-electron chi connectivity index (χ3n) is 5.23. The van der Waals surface area contributed by atoms with E-state index in [0.717, 1.165) is 18.6 Å². The molecule has 0 radical (unpaired) electrons. The van der Waals surface area contributed by atoms with E-state index in [1.807, 2.05) is 0 Å². The number of rotatable bonds is 3. The molecule has 1 fully saturated rings. The fraction of sp³-hybridized carbons (Fsp3) is 0.647. The lowest BCUT2D eigenvalue weighted by atomic mass is 9.65. The van der Waals surface area contributed by atoms with Gasteiger partial charge in [0.2, 0.25) is 0 Å². The van der Waals surface area contributed by atoms with Gasteiger partial charge < -0.3 is 4.74 Å². The molecule has 2 aliphatic carbocycles. The number of fused-ring (bicyclic) bond motifs is 1. The van der Waals surface area contributed by atoms with Crippen LogP contribution >= 0.6 is 11.6 Å². The van der Waals surface area contributed by atoms with Crippen LogP contribution in [0.1, 0.15) is 50.7 Å². The maximum Gasteiger partial charge on any atom is 0.120 e. The Morgan fingerprint density at radius 2 is 2.00 bits per heavy atom. The van der Waals surface area contributed by atoms with Crippen molar-refractivity contribution in [3.63, 3.8) is 0 Å². The molecule has 0 N–H and O–H groups in total. The SMILES string of the molecule is CCC1(C)C(Cl)CC1Oc1ccc2c(c1)CCCC2. The van der Waals surface area contributed by atoms with Gasteiger partial charge in [0.05, 0.1) is 0 Å². The molecule has 104 valence electrons. The molecule has 0 spiro atoms. The molecule has 0 amide bonds. The number of hydrogen-bond donors (Lipinski definition) is 0. The van der Waals surface area contributed by atoms with Gasteiger partial charge in [0.15, 0.2) is 0 Å². The maximum atomic E-state index is 6.35. The Balaban J connectivity index is 1.74. The lowest BCUT2D eigenvalue weighted by molar-refractivity contribution is -0.0295. The number of alkyl halides is 1. The molecule has 2 heteroatoms. The summed E-state index contributed by atoms with van der Waals surface area (Å²) in [6.45, 7) is 4.45. The molecule has 0 aromatic heterocycles. The Morgan fingerprint density at radius 1 is 1.26 bits per heavy atom. The third-order valence-corrected chi connectivity index (χ3v) is 5.91. The van der Waals surface area contributed by atoms with Crippen molar-refractivity contribution in [2.45, 2.75) is 63.9 Å². The Hall–Kier alpha value is -0.690. The van der Waals surface area contributed by atoms with Crippen LogP contribution in [0.4, 0.5) is 0 Å². The summed E-state index contributed by atoms with van der Waals surface area (Å²) in [6.07, 6.45) is 7.42. The highest BCUT2D eigenvalue weighted by Crippen LogP contribution is 2.49. The van der Waals surface area contributed by atoms with E-state index >= 15 is 0 Å². The summed E-state index contributed by atoms with van der Waals surface area (Å²) < 4.78 is 6.21. The lowest BCUT2D eigenvalue weighted by Crippen LogP contribution is -2.55. The molecule has 19 heavy (non-hydrogen) atoms. The van der Waals surface area contributed by atoms with Crippen LogP contribution in [0.5, 0.6) is 5.75 Å². The average molecular weight is 279 g/mol. The molecule has 1 aromatic carbocycles. The number of halogens is 1. The van der Waals surface area contributed by atoms with Gasteiger partial charge in [-0.2, -0.15) is 0 Å². The molecule has 1 nitrogen and oxygen atoms in total. The quantitative estimate of drug-likeness (QED) is 0.726. The van der Waals surface area contributed by atoms with Gasteiger partial charge in [-0.25, -0.2) is 0 Å². The van der Waals surface area contributed by atoms with Crippen LogP contribution in [0, 0.1) is 5.41 Å². The zero-order valence-corrected chi connectivity index (χ0v) is 12.7. The molecule has 1 saturated carbocycles. The van der Waals surface area contributed by atoms with Gasteiger partial charge in [-0.1, -0.05) is 19.9 Å². The van der Waals surface area contributed by atoms with Crippen molar-refractivity contribution in [1.29, 1.82) is 0 Å². The Morgan fingerprint density at radius 3 is 2.68 bits per heavy atom. The summed E-state index contributed by atoms with van der Waals surface area (Å²) in [4.78, 5) is 0. The van der Waals surface area contributed by atoms with E-state index in [-0.39, 0.29) is 16.9 Å². The molecule has 3 atom stereocenters. The van der Waals surface area contributed by atoms with Gasteiger partial charge in [-0.05, 0) is 55.4 Å². The number of hydrogen-bond acceptors (Lipinski definition) is 1. The van der Waals surface area contributed by atoms with Crippen LogP contribution in [0.2, 0.25) is 0 Å². The highest BCUT2D eigenvalue weighted by molar-refractivity contribution is 6.21. The highest BCUT2D eigenvalue weighted by atomic mass is 35.5. The minimum absolute atomic E-state index is 0.136. The summed E-state index contributed by atoms with van der Waals surface area (Å²) in [5.41, 5.74) is 3.14. The van der Waals surface area contributed by atoms with Crippen molar-refractivity contribution < 1.29 is 4.74 Å². The Bertz CT molecular complexity index is 470. The molecule has 3 unspecified atom stereocenters. The van der Waals surface area contributed by atoms with Gasteiger partial charge in [-0.3, -0.25) is 0 Å². The van der Waals surface area contributed by atoms with E-state index in [9.17, 15) is 0 Å². The predicted molar refractivity (Wildman–Crippen MR) is 80.2 cm³/mol. The summed E-state index contributed by atoms with van der Waals surface area (Å²) in [7, 11) is 0. The standard InChI is InChI=1S/C17H23ClO/c1-3-17(2)15(18)11-16(17)19-14-9-8-12-6-4-5-7-13(12)10-14/h8-10,15-16H,3-7,11H2,1-2H3. The zero-order chi connectivity index (χ0) is 13.5. The molecule has 3 rings (SSSR count). The van der Waals surface area contributed by atoms with Crippen molar-refractivity contribution in [3.05, 3.63) is 29.3 Å². The summed E-state index contributed by atoms with van der Waals surface area (Å²) in [5, 5.41) is 0.264. The van der Waals surface area contributed by atoms with Crippen molar-refractivity contribution in [2.24, 2.45) is 5.41 Å². The van der Waals surface area contributed by atoms with Crippen molar-refractivity contribution >= 4 is 11.6 Å². The molecule has 2 aliphatic rings. The molecule has 0 bridgehead atoms. The lowest BCUT2D eigenvalue weighted by Gasteiger charge is -2.50. The maximum absolute atomic E-state index is 6.35. The fourth-order valence-electron chi connectivity index (χ4n) is 3.35. The third kappa shape index (κ3) is 2.27. The summed E-state index contributed by atoms with van der Waals surface area (Å²) >= 11 is 6.35. The van der Waals surface area contributed by atoms with Gasteiger partial charge in [0, 0.05) is 17.2 Å². The van der Waals surface area contributed by atoms with E-state index in [1.54, 1.807) is 0 Å². The van der Waals surface area contributed by atoms with E-state index < -0.39 is 0 Å². The minimum Gasteiger partial charge on any atom is -0.490 e. The molecular weight excluding hydrogens is 256 g/mol. The molecule has 0 saturated heterocycles. The molecule has 0 aliphatic heterocycles. The van der Waals surface area contributed by atoms with Crippen molar-refractivity contribution in [2.75, 3.05) is 0 Å². The first kappa shape index (κ1) is 13.3. The fourth-order valence-corrected chi connectivity index (χ4v) is 3.80. The second-order valence-electron chi connectivity index (χ2n) is 6.31. The van der Waals surface area contributed by atoms with E-state index in [2.05, 4.69) is 32.0 Å². The van der Waals surface area contributed by atoms with E-state index in [4.69, 9.17) is 16.3 Å². The average Bonchev–Trinajstić information content (AvgIpc) is 2.46. The van der Waals surface area contributed by atoms with Crippen molar-refractivity contribution in [3.8, 4) is 5.75 Å². The Kier molecular flexibility index (Phi) is 3.51. The number of ether oxygens (including phenoxy) is 1. The van der Waals surface area contributed by atoms with Crippen LogP contribution in [0.3, 0.4) is 0 Å². The zero-order valence-electron chi connectivity index (χ0n) is 11.9. The first-order valence-corrected chi connectivity index (χ1v) is 7.99. The normalized spacial score (nSPS) is 33.4. The largest absolute Gasteiger partial charge is 0.490 e. The van der Waals surface area contributed by atoms with Gasteiger partial charge in [0.1, 0.15) is 11.9 Å². The number of benzene rings is 1. The first-order valence-electron chi connectivity index (χ1n) is 7.56. The van der Waals surface area contributed by atoms with Crippen molar-refractivity contribution in [1.82, 2.24) is 0 Å². The summed E-state index contributed by atoms with van der Waals surface area (Å²) in [6, 6.07) is 6.65. The molecule has 0 heterocycles. The van der Waals surface area contributed by atoms with Gasteiger partial charge >= 0.3 is 0 Å². The first-order chi connectivity index (χ1) is 9.13. The van der Waals surface area contributed by atoms with Crippen LogP contribution in [0.25, 0.3) is 0 Å². The Labute approximate surface area is 121 Å². The van der Waals surface area contributed by atoms with Gasteiger partial charge in [0.25, 0.3) is 0 Å². The smallest absolute Gasteiger partial charge is 0.120 e. The molecule has 1 aromatic rings. The second kappa shape index (κ2) is 5.01. The van der Waals surface area contributed by atoms with Crippen LogP contribution < -0.4 is 4.74 Å². The highest BCUT2D eigenvalue weighted by Gasteiger charge is 2.51. The monoisotopic (exact) mass is 278 g/mol. The second-order valence-corrected chi connectivity index (χ2v) is 6.83. The van der Waals surface area contributed by atoms with E-state index in [1.165, 1.54) is 36.8 Å². The topological polar surface area (TPSA) is 9.23 Å².